The SMILES string of the molecule is COCC(=O)Nc1ccc(NC(=O)CCc2nc3ccccc3[nH]2)cc1C. The fourth-order valence-electron chi connectivity index (χ4n) is 2.78. The maximum Gasteiger partial charge on any atom is 0.250 e. The number of hydrogen-bond donors (Lipinski definition) is 3. The van der Waals surface area contributed by atoms with Crippen molar-refractivity contribution in [1.82, 2.24) is 9.97 Å². The number of carbonyl (C=O) groups excluding carboxylic acids is 2. The van der Waals surface area contributed by atoms with Crippen molar-refractivity contribution < 1.29 is 14.3 Å². The molecule has 0 spiro atoms. The van der Waals surface area contributed by atoms with Gasteiger partial charge >= 0.3 is 0 Å². The lowest BCUT2D eigenvalue weighted by atomic mass is 10.1. The third-order valence-electron chi connectivity index (χ3n) is 4.09. The zero-order valence-electron chi connectivity index (χ0n) is 15.3. The molecule has 3 rings (SSSR count). The molecule has 0 saturated carbocycles. The van der Waals surface area contributed by atoms with Crippen LogP contribution in [0.15, 0.2) is 42.5 Å². The number of imidazole rings is 1. The Hall–Kier alpha value is -3.19. The van der Waals surface area contributed by atoms with Gasteiger partial charge in [0, 0.05) is 31.3 Å². The minimum atomic E-state index is -0.219. The predicted molar refractivity (Wildman–Crippen MR) is 105 cm³/mol. The van der Waals surface area contributed by atoms with Crippen LogP contribution in [-0.2, 0) is 20.7 Å². The number of aryl methyl sites for hydroxylation is 2. The summed E-state index contributed by atoms with van der Waals surface area (Å²) in [5.41, 5.74) is 4.10. The molecule has 27 heavy (non-hydrogen) atoms. The maximum absolute atomic E-state index is 12.2. The number of para-hydroxylation sites is 2. The number of amides is 2. The molecule has 7 nitrogen and oxygen atoms in total. The van der Waals surface area contributed by atoms with E-state index in [1.807, 2.05) is 37.3 Å². The van der Waals surface area contributed by atoms with E-state index in [0.717, 1.165) is 22.4 Å². The van der Waals surface area contributed by atoms with E-state index >= 15 is 0 Å². The fraction of sp³-hybridized carbons (Fsp3) is 0.250. The molecule has 0 radical (unpaired) electrons. The number of carbonyl (C=O) groups is 2. The Morgan fingerprint density at radius 2 is 1.93 bits per heavy atom. The van der Waals surface area contributed by atoms with E-state index in [2.05, 4.69) is 20.6 Å². The normalized spacial score (nSPS) is 10.7. The number of benzene rings is 2. The van der Waals surface area contributed by atoms with Crippen molar-refractivity contribution in [3.8, 4) is 0 Å². The molecule has 0 aliphatic heterocycles. The van der Waals surface area contributed by atoms with Gasteiger partial charge in [-0.05, 0) is 42.8 Å². The van der Waals surface area contributed by atoms with Gasteiger partial charge in [0.1, 0.15) is 12.4 Å². The first kappa shape index (κ1) is 18.6. The second kappa shape index (κ2) is 8.46. The van der Waals surface area contributed by atoms with Gasteiger partial charge in [-0.25, -0.2) is 4.98 Å². The first-order chi connectivity index (χ1) is 13.0. The van der Waals surface area contributed by atoms with Crippen molar-refractivity contribution >= 4 is 34.2 Å². The number of nitrogens with zero attached hydrogens (tertiary/aromatic N) is 1. The molecule has 0 atom stereocenters. The number of hydrogen-bond acceptors (Lipinski definition) is 4. The van der Waals surface area contributed by atoms with E-state index in [1.54, 1.807) is 12.1 Å². The standard InChI is InChI=1S/C20H22N4O3/c1-13-11-14(7-8-15(13)24-20(26)12-27-2)21-19(25)10-9-18-22-16-5-3-4-6-17(16)23-18/h3-8,11H,9-10,12H2,1-2H3,(H,21,25)(H,22,23)(H,24,26). The molecule has 7 heteroatoms. The van der Waals surface area contributed by atoms with Gasteiger partial charge in [-0.2, -0.15) is 0 Å². The van der Waals surface area contributed by atoms with Crippen LogP contribution in [0.1, 0.15) is 17.8 Å². The van der Waals surface area contributed by atoms with Crippen LogP contribution in [0.5, 0.6) is 0 Å². The molecule has 1 heterocycles. The van der Waals surface area contributed by atoms with E-state index in [0.29, 0.717) is 24.2 Å². The Balaban J connectivity index is 1.55. The van der Waals surface area contributed by atoms with Crippen LogP contribution in [-0.4, -0.2) is 35.5 Å². The highest BCUT2D eigenvalue weighted by molar-refractivity contribution is 5.94. The van der Waals surface area contributed by atoms with Gasteiger partial charge in [-0.3, -0.25) is 9.59 Å². The Bertz CT molecular complexity index is 932. The van der Waals surface area contributed by atoms with Crippen molar-refractivity contribution in [1.29, 1.82) is 0 Å². The maximum atomic E-state index is 12.2. The monoisotopic (exact) mass is 366 g/mol. The van der Waals surface area contributed by atoms with E-state index < -0.39 is 0 Å². The molecule has 2 aromatic carbocycles. The minimum Gasteiger partial charge on any atom is -0.375 e. The smallest absolute Gasteiger partial charge is 0.250 e. The number of aromatic nitrogens is 2. The zero-order valence-corrected chi connectivity index (χ0v) is 15.3. The summed E-state index contributed by atoms with van der Waals surface area (Å²) < 4.78 is 4.80. The van der Waals surface area contributed by atoms with Gasteiger partial charge in [0.05, 0.1) is 11.0 Å². The van der Waals surface area contributed by atoms with Gasteiger partial charge in [-0.15, -0.1) is 0 Å². The summed E-state index contributed by atoms with van der Waals surface area (Å²) in [5, 5.41) is 5.64. The largest absolute Gasteiger partial charge is 0.375 e. The molecule has 2 amide bonds. The summed E-state index contributed by atoms with van der Waals surface area (Å²) >= 11 is 0. The average molecular weight is 366 g/mol. The van der Waals surface area contributed by atoms with Crippen LogP contribution in [0.2, 0.25) is 0 Å². The molecule has 0 bridgehead atoms. The van der Waals surface area contributed by atoms with Crippen molar-refractivity contribution in [3.63, 3.8) is 0 Å². The van der Waals surface area contributed by atoms with Gasteiger partial charge in [0.25, 0.3) is 0 Å². The fourth-order valence-corrected chi connectivity index (χ4v) is 2.78. The predicted octanol–water partition coefficient (Wildman–Crippen LogP) is 3.03. The molecular weight excluding hydrogens is 344 g/mol. The Morgan fingerprint density at radius 3 is 2.67 bits per heavy atom. The van der Waals surface area contributed by atoms with Crippen LogP contribution in [0, 0.1) is 6.92 Å². The topological polar surface area (TPSA) is 96.1 Å². The van der Waals surface area contributed by atoms with Crippen LogP contribution < -0.4 is 10.6 Å². The van der Waals surface area contributed by atoms with E-state index in [9.17, 15) is 9.59 Å². The van der Waals surface area contributed by atoms with Crippen LogP contribution >= 0.6 is 0 Å². The molecule has 0 unspecified atom stereocenters. The first-order valence-electron chi connectivity index (χ1n) is 8.68. The van der Waals surface area contributed by atoms with Crippen LogP contribution in [0.3, 0.4) is 0 Å². The highest BCUT2D eigenvalue weighted by atomic mass is 16.5. The number of aromatic amines is 1. The van der Waals surface area contributed by atoms with Crippen molar-refractivity contribution in [2.75, 3.05) is 24.4 Å². The van der Waals surface area contributed by atoms with Crippen molar-refractivity contribution in [2.45, 2.75) is 19.8 Å². The summed E-state index contributed by atoms with van der Waals surface area (Å²) in [4.78, 5) is 31.5. The third-order valence-corrected chi connectivity index (χ3v) is 4.09. The van der Waals surface area contributed by atoms with E-state index in [-0.39, 0.29) is 18.4 Å². The molecule has 1 aromatic heterocycles. The minimum absolute atomic E-state index is 0.000280. The van der Waals surface area contributed by atoms with E-state index in [1.165, 1.54) is 7.11 Å². The first-order valence-corrected chi connectivity index (χ1v) is 8.68. The molecule has 140 valence electrons. The average Bonchev–Trinajstić information content (AvgIpc) is 3.05. The molecular formula is C20H22N4O3. The molecule has 0 fully saturated rings. The highest BCUT2D eigenvalue weighted by Crippen LogP contribution is 2.20. The summed E-state index contributed by atoms with van der Waals surface area (Å²) in [7, 11) is 1.47. The molecule has 3 aromatic rings. The molecule has 0 aliphatic rings. The number of anilines is 2. The van der Waals surface area contributed by atoms with Crippen molar-refractivity contribution in [2.24, 2.45) is 0 Å². The quantitative estimate of drug-likeness (QED) is 0.599. The Kier molecular flexibility index (Phi) is 5.83. The number of H-pyrrole nitrogens is 1. The molecule has 0 saturated heterocycles. The lowest BCUT2D eigenvalue weighted by molar-refractivity contribution is -0.119. The van der Waals surface area contributed by atoms with Crippen molar-refractivity contribution in [3.05, 3.63) is 53.9 Å². The van der Waals surface area contributed by atoms with Gasteiger partial charge < -0.3 is 20.4 Å². The van der Waals surface area contributed by atoms with Crippen LogP contribution in [0.4, 0.5) is 11.4 Å². The van der Waals surface area contributed by atoms with Crippen LogP contribution in [0.25, 0.3) is 11.0 Å². The lowest BCUT2D eigenvalue weighted by Crippen LogP contribution is -2.18. The lowest BCUT2D eigenvalue weighted by Gasteiger charge is -2.11. The van der Waals surface area contributed by atoms with E-state index in [4.69, 9.17) is 4.74 Å². The Labute approximate surface area is 157 Å². The number of nitrogens with one attached hydrogen (secondary N) is 3. The number of fused-ring (bicyclic) bond motifs is 1. The molecule has 3 N–H and O–H groups in total. The summed E-state index contributed by atoms with van der Waals surface area (Å²) in [6, 6.07) is 13.1. The second-order valence-corrected chi connectivity index (χ2v) is 6.26. The highest BCUT2D eigenvalue weighted by Gasteiger charge is 2.09. The summed E-state index contributed by atoms with van der Waals surface area (Å²) in [5.74, 6) is 0.480. The Morgan fingerprint density at radius 1 is 1.11 bits per heavy atom. The number of methoxy groups -OCH3 is 1. The third kappa shape index (κ3) is 4.92. The number of ether oxygens (including phenoxy) is 1. The summed E-state index contributed by atoms with van der Waals surface area (Å²) in [6.07, 6.45) is 0.857. The van der Waals surface area contributed by atoms with Gasteiger partial charge in [-0.1, -0.05) is 12.1 Å². The second-order valence-electron chi connectivity index (χ2n) is 6.26. The molecule has 0 aliphatic carbocycles. The van der Waals surface area contributed by atoms with Gasteiger partial charge in [0.15, 0.2) is 0 Å². The zero-order chi connectivity index (χ0) is 19.2. The number of rotatable bonds is 7. The van der Waals surface area contributed by atoms with Gasteiger partial charge in [0.2, 0.25) is 11.8 Å². The summed E-state index contributed by atoms with van der Waals surface area (Å²) in [6.45, 7) is 1.87.